The van der Waals surface area contributed by atoms with Crippen molar-refractivity contribution < 1.29 is 4.74 Å². The van der Waals surface area contributed by atoms with Crippen LogP contribution in [0.25, 0.3) is 0 Å². The molecule has 4 unspecified atom stereocenters. The van der Waals surface area contributed by atoms with Crippen molar-refractivity contribution in [1.29, 1.82) is 0 Å². The number of morpholine rings is 1. The van der Waals surface area contributed by atoms with Gasteiger partial charge in [-0.1, -0.05) is 20.3 Å². The second-order valence-corrected chi connectivity index (χ2v) is 6.40. The van der Waals surface area contributed by atoms with Crippen LogP contribution in [0.1, 0.15) is 46.0 Å². The van der Waals surface area contributed by atoms with Crippen molar-refractivity contribution in [3.63, 3.8) is 0 Å². The van der Waals surface area contributed by atoms with Crippen molar-refractivity contribution in [3.8, 4) is 0 Å². The summed E-state index contributed by atoms with van der Waals surface area (Å²) in [6, 6.07) is 0.728. The van der Waals surface area contributed by atoms with Gasteiger partial charge in [-0.15, -0.1) is 0 Å². The molecule has 1 saturated heterocycles. The maximum absolute atomic E-state index is 5.78. The van der Waals surface area contributed by atoms with E-state index in [2.05, 4.69) is 31.1 Å². The fourth-order valence-corrected chi connectivity index (χ4v) is 3.84. The third kappa shape index (κ3) is 4.17. The second kappa shape index (κ2) is 7.61. The number of hydrogen-bond acceptors (Lipinski definition) is 3. The standard InChI is InChI=1S/C16H32N2O/c1-4-13-6-7-16(17-3)14(10-13)11-18-8-9-19-15(5-2)12-18/h13-17H,4-12H2,1-3H3. The number of ether oxygens (including phenoxy) is 1. The molecule has 1 aliphatic carbocycles. The normalized spacial score (nSPS) is 37.4. The van der Waals surface area contributed by atoms with Crippen LogP contribution in [0.15, 0.2) is 0 Å². The predicted octanol–water partition coefficient (Wildman–Crippen LogP) is 2.51. The van der Waals surface area contributed by atoms with Gasteiger partial charge in [-0.05, 0) is 44.6 Å². The first-order chi connectivity index (χ1) is 9.26. The molecule has 0 bridgehead atoms. The van der Waals surface area contributed by atoms with Gasteiger partial charge in [-0.3, -0.25) is 4.90 Å². The van der Waals surface area contributed by atoms with Gasteiger partial charge in [0, 0.05) is 25.7 Å². The maximum Gasteiger partial charge on any atom is 0.0700 e. The number of nitrogens with one attached hydrogen (secondary N) is 1. The summed E-state index contributed by atoms with van der Waals surface area (Å²) < 4.78 is 5.78. The Labute approximate surface area is 119 Å². The Kier molecular flexibility index (Phi) is 6.11. The van der Waals surface area contributed by atoms with Gasteiger partial charge in [0.1, 0.15) is 0 Å². The van der Waals surface area contributed by atoms with Crippen LogP contribution in [0, 0.1) is 11.8 Å². The van der Waals surface area contributed by atoms with E-state index >= 15 is 0 Å². The molecule has 0 aromatic heterocycles. The molecule has 3 heteroatoms. The molecule has 0 aromatic rings. The minimum Gasteiger partial charge on any atom is -0.376 e. The van der Waals surface area contributed by atoms with Crippen molar-refractivity contribution in [2.45, 2.75) is 58.1 Å². The van der Waals surface area contributed by atoms with Gasteiger partial charge in [0.15, 0.2) is 0 Å². The van der Waals surface area contributed by atoms with Crippen LogP contribution in [0.2, 0.25) is 0 Å². The van der Waals surface area contributed by atoms with E-state index in [4.69, 9.17) is 4.74 Å². The summed E-state index contributed by atoms with van der Waals surface area (Å²) in [4.78, 5) is 2.64. The van der Waals surface area contributed by atoms with E-state index in [1.54, 1.807) is 0 Å². The number of hydrogen-bond donors (Lipinski definition) is 1. The molecule has 1 saturated carbocycles. The van der Waals surface area contributed by atoms with Crippen LogP contribution in [0.3, 0.4) is 0 Å². The molecule has 1 heterocycles. The summed E-state index contributed by atoms with van der Waals surface area (Å²) in [5, 5.41) is 3.56. The maximum atomic E-state index is 5.78. The van der Waals surface area contributed by atoms with Gasteiger partial charge in [0.25, 0.3) is 0 Å². The second-order valence-electron chi connectivity index (χ2n) is 6.40. The van der Waals surface area contributed by atoms with Crippen LogP contribution in [0.5, 0.6) is 0 Å². The molecule has 0 radical (unpaired) electrons. The third-order valence-electron chi connectivity index (χ3n) is 5.21. The van der Waals surface area contributed by atoms with Crippen LogP contribution in [0.4, 0.5) is 0 Å². The minimum atomic E-state index is 0.465. The Balaban J connectivity index is 1.87. The van der Waals surface area contributed by atoms with E-state index in [9.17, 15) is 0 Å². The van der Waals surface area contributed by atoms with E-state index in [1.165, 1.54) is 32.2 Å². The highest BCUT2D eigenvalue weighted by Gasteiger charge is 2.31. The monoisotopic (exact) mass is 268 g/mol. The fourth-order valence-electron chi connectivity index (χ4n) is 3.84. The zero-order chi connectivity index (χ0) is 13.7. The Hall–Kier alpha value is -0.120. The minimum absolute atomic E-state index is 0.465. The topological polar surface area (TPSA) is 24.5 Å². The van der Waals surface area contributed by atoms with Gasteiger partial charge < -0.3 is 10.1 Å². The van der Waals surface area contributed by atoms with Gasteiger partial charge >= 0.3 is 0 Å². The van der Waals surface area contributed by atoms with Crippen molar-refractivity contribution in [3.05, 3.63) is 0 Å². The van der Waals surface area contributed by atoms with Crippen molar-refractivity contribution in [2.75, 3.05) is 33.3 Å². The molecule has 0 aromatic carbocycles. The lowest BCUT2D eigenvalue weighted by atomic mass is 9.76. The molecule has 1 N–H and O–H groups in total. The zero-order valence-corrected chi connectivity index (χ0v) is 13.0. The van der Waals surface area contributed by atoms with Crippen LogP contribution < -0.4 is 5.32 Å². The smallest absolute Gasteiger partial charge is 0.0700 e. The molecule has 4 atom stereocenters. The van der Waals surface area contributed by atoms with Gasteiger partial charge in [-0.25, -0.2) is 0 Å². The summed E-state index contributed by atoms with van der Waals surface area (Å²) in [5.74, 6) is 1.79. The molecule has 0 spiro atoms. The van der Waals surface area contributed by atoms with Crippen molar-refractivity contribution >= 4 is 0 Å². The average Bonchev–Trinajstić information content (AvgIpc) is 2.47. The zero-order valence-electron chi connectivity index (χ0n) is 13.0. The van der Waals surface area contributed by atoms with E-state index in [0.29, 0.717) is 6.10 Å². The predicted molar refractivity (Wildman–Crippen MR) is 80.4 cm³/mol. The van der Waals surface area contributed by atoms with Crippen molar-refractivity contribution in [2.24, 2.45) is 11.8 Å². The third-order valence-corrected chi connectivity index (χ3v) is 5.21. The van der Waals surface area contributed by atoms with E-state index in [0.717, 1.165) is 44.0 Å². The fraction of sp³-hybridized carbons (Fsp3) is 1.00. The molecule has 112 valence electrons. The summed E-state index contributed by atoms with van der Waals surface area (Å²) in [6.45, 7) is 9.04. The van der Waals surface area contributed by atoms with Crippen LogP contribution >= 0.6 is 0 Å². The Morgan fingerprint density at radius 3 is 2.74 bits per heavy atom. The molecule has 0 amide bonds. The first-order valence-corrected chi connectivity index (χ1v) is 8.28. The SMILES string of the molecule is CCC1CCC(NC)C(CN2CCOC(CC)C2)C1. The van der Waals surface area contributed by atoms with Gasteiger partial charge in [0.05, 0.1) is 12.7 Å². The molecule has 2 rings (SSSR count). The molecule has 1 aliphatic heterocycles. The van der Waals surface area contributed by atoms with Crippen LogP contribution in [-0.4, -0.2) is 50.3 Å². The molecular formula is C16H32N2O. The number of nitrogens with zero attached hydrogens (tertiary/aromatic N) is 1. The molecule has 2 fully saturated rings. The number of rotatable bonds is 5. The Bertz CT molecular complexity index is 259. The van der Waals surface area contributed by atoms with E-state index in [1.807, 2.05) is 0 Å². The highest BCUT2D eigenvalue weighted by Crippen LogP contribution is 2.32. The quantitative estimate of drug-likeness (QED) is 0.829. The lowest BCUT2D eigenvalue weighted by Gasteiger charge is -2.41. The summed E-state index contributed by atoms with van der Waals surface area (Å²) in [6.07, 6.45) is 7.16. The highest BCUT2D eigenvalue weighted by atomic mass is 16.5. The molecule has 2 aliphatic rings. The Morgan fingerprint density at radius 2 is 2.05 bits per heavy atom. The largest absolute Gasteiger partial charge is 0.376 e. The summed E-state index contributed by atoms with van der Waals surface area (Å²) in [5.41, 5.74) is 0. The highest BCUT2D eigenvalue weighted by molar-refractivity contribution is 4.86. The van der Waals surface area contributed by atoms with Gasteiger partial charge in [0.2, 0.25) is 0 Å². The lowest BCUT2D eigenvalue weighted by Crippen LogP contribution is -2.49. The lowest BCUT2D eigenvalue weighted by molar-refractivity contribution is -0.0382. The summed E-state index contributed by atoms with van der Waals surface area (Å²) >= 11 is 0. The first kappa shape index (κ1) is 15.3. The molecule has 3 nitrogen and oxygen atoms in total. The van der Waals surface area contributed by atoms with Crippen molar-refractivity contribution in [1.82, 2.24) is 10.2 Å². The average molecular weight is 268 g/mol. The summed E-state index contributed by atoms with van der Waals surface area (Å²) in [7, 11) is 2.14. The van der Waals surface area contributed by atoms with E-state index < -0.39 is 0 Å². The molecule has 19 heavy (non-hydrogen) atoms. The van der Waals surface area contributed by atoms with Gasteiger partial charge in [-0.2, -0.15) is 0 Å². The molecular weight excluding hydrogens is 236 g/mol. The first-order valence-electron chi connectivity index (χ1n) is 8.28. The Morgan fingerprint density at radius 1 is 1.21 bits per heavy atom. The van der Waals surface area contributed by atoms with E-state index in [-0.39, 0.29) is 0 Å². The van der Waals surface area contributed by atoms with Crippen LogP contribution in [-0.2, 0) is 4.74 Å².